The molecule has 1 amide bonds. The third-order valence-electron chi connectivity index (χ3n) is 7.93. The Morgan fingerprint density at radius 1 is 0.850 bits per heavy atom. The molecule has 1 aliphatic heterocycles. The molecule has 2 N–H and O–H groups in total. The molecule has 2 aromatic heterocycles. The first-order valence-electron chi connectivity index (χ1n) is 13.7. The van der Waals surface area contributed by atoms with E-state index in [4.69, 9.17) is 9.26 Å². The first-order valence-corrected chi connectivity index (χ1v) is 13.7. The Kier molecular flexibility index (Phi) is 7.13. The van der Waals surface area contributed by atoms with Gasteiger partial charge in [-0.15, -0.1) is 0 Å². The number of carbonyl (C=O) groups excluding carboxylic acids is 2. The molecule has 9 heteroatoms. The summed E-state index contributed by atoms with van der Waals surface area (Å²) >= 11 is 0. The van der Waals surface area contributed by atoms with E-state index >= 15 is 0 Å². The molecule has 1 saturated carbocycles. The van der Waals surface area contributed by atoms with E-state index in [0.717, 1.165) is 37.7 Å². The minimum absolute atomic E-state index is 0.00288. The first-order chi connectivity index (χ1) is 19.5. The molecule has 0 atom stereocenters. The fraction of sp³-hybridized carbons (Fsp3) is 0.323. The van der Waals surface area contributed by atoms with Gasteiger partial charge in [0.05, 0.1) is 18.8 Å². The Labute approximate surface area is 231 Å². The summed E-state index contributed by atoms with van der Waals surface area (Å²) in [7, 11) is 0. The number of hydrogen-bond acceptors (Lipinski definition) is 7. The lowest BCUT2D eigenvalue weighted by molar-refractivity contribution is 0.0303. The van der Waals surface area contributed by atoms with Crippen molar-refractivity contribution in [1.29, 1.82) is 0 Å². The van der Waals surface area contributed by atoms with Gasteiger partial charge >= 0.3 is 0 Å². The molecule has 4 aromatic rings. The van der Waals surface area contributed by atoms with Gasteiger partial charge in [-0.1, -0.05) is 48.7 Å². The van der Waals surface area contributed by atoms with Crippen LogP contribution in [-0.2, 0) is 4.74 Å². The van der Waals surface area contributed by atoms with Crippen LogP contribution in [0.3, 0.4) is 0 Å². The van der Waals surface area contributed by atoms with Crippen molar-refractivity contribution in [1.82, 2.24) is 14.6 Å². The molecule has 0 unspecified atom stereocenters. The predicted octanol–water partition coefficient (Wildman–Crippen LogP) is 5.29. The van der Waals surface area contributed by atoms with Crippen LogP contribution in [0, 0.1) is 0 Å². The maximum absolute atomic E-state index is 13.9. The molecule has 0 radical (unpaired) electrons. The van der Waals surface area contributed by atoms with Gasteiger partial charge in [-0.05, 0) is 37.1 Å². The van der Waals surface area contributed by atoms with Gasteiger partial charge in [-0.3, -0.25) is 14.2 Å². The first kappa shape index (κ1) is 25.9. The number of amides is 1. The van der Waals surface area contributed by atoms with Gasteiger partial charge in [0.2, 0.25) is 5.88 Å². The van der Waals surface area contributed by atoms with E-state index in [1.165, 1.54) is 6.26 Å². The molecule has 206 valence electrons. The normalized spacial score (nSPS) is 16.2. The minimum atomic E-state index is -0.431. The molecular weight excluding hydrogens is 510 g/mol. The van der Waals surface area contributed by atoms with Gasteiger partial charge < -0.3 is 24.4 Å². The third-order valence-corrected chi connectivity index (χ3v) is 7.93. The van der Waals surface area contributed by atoms with Crippen molar-refractivity contribution in [2.45, 2.75) is 38.0 Å². The van der Waals surface area contributed by atoms with Crippen molar-refractivity contribution in [3.8, 4) is 28.6 Å². The number of rotatable bonds is 6. The van der Waals surface area contributed by atoms with E-state index in [1.54, 1.807) is 39.8 Å². The highest BCUT2D eigenvalue weighted by Gasteiger charge is 2.34. The second-order valence-electron chi connectivity index (χ2n) is 10.3. The lowest BCUT2D eigenvalue weighted by Gasteiger charge is -2.27. The summed E-state index contributed by atoms with van der Waals surface area (Å²) in [5.41, 5.74) is 3.71. The molecule has 6 rings (SSSR count). The van der Waals surface area contributed by atoms with Gasteiger partial charge in [0.15, 0.2) is 11.5 Å². The number of aromatic hydroxyl groups is 2. The van der Waals surface area contributed by atoms with Crippen LogP contribution in [0.2, 0.25) is 0 Å². The van der Waals surface area contributed by atoms with E-state index in [1.807, 2.05) is 24.3 Å². The summed E-state index contributed by atoms with van der Waals surface area (Å²) in [5.74, 6) is -1.30. The number of benzene rings is 2. The highest BCUT2D eigenvalue weighted by Crippen LogP contribution is 2.46. The number of morpholine rings is 1. The van der Waals surface area contributed by atoms with Crippen LogP contribution in [0.4, 0.5) is 0 Å². The molecule has 2 aromatic carbocycles. The van der Waals surface area contributed by atoms with Crippen molar-refractivity contribution < 1.29 is 29.1 Å². The zero-order valence-corrected chi connectivity index (χ0v) is 22.1. The maximum atomic E-state index is 13.9. The van der Waals surface area contributed by atoms with Gasteiger partial charge in [0.25, 0.3) is 5.91 Å². The Hall–Kier alpha value is -4.37. The van der Waals surface area contributed by atoms with E-state index in [-0.39, 0.29) is 23.3 Å². The lowest BCUT2D eigenvalue weighted by atomic mass is 9.84. The molecule has 1 aliphatic carbocycles. The Morgan fingerprint density at radius 2 is 1.52 bits per heavy atom. The number of hydrogen-bond donors (Lipinski definition) is 2. The molecule has 1 saturated heterocycles. The summed E-state index contributed by atoms with van der Waals surface area (Å²) in [6.07, 6.45) is 6.34. The minimum Gasteiger partial charge on any atom is -0.503 e. The average molecular weight is 542 g/mol. The number of aromatic nitrogens is 2. The Bertz CT molecular complexity index is 1490. The SMILES string of the molecule is O=C(c1ccc(C(=O)N2CCOCC2)cc1)c1c(O)c(O)n(-c2ccc(-c3ccon3)cc2)c1C1CCCCC1. The van der Waals surface area contributed by atoms with Crippen LogP contribution in [0.15, 0.2) is 65.4 Å². The second kappa shape index (κ2) is 11.0. The molecular formula is C31H31N3O6. The summed E-state index contributed by atoms with van der Waals surface area (Å²) in [4.78, 5) is 28.5. The monoisotopic (exact) mass is 541 g/mol. The molecule has 0 bridgehead atoms. The quantitative estimate of drug-likeness (QED) is 0.318. The fourth-order valence-electron chi connectivity index (χ4n) is 5.81. The van der Waals surface area contributed by atoms with Crippen LogP contribution in [0.1, 0.15) is 70.0 Å². The number of carbonyl (C=O) groups is 2. The molecule has 40 heavy (non-hydrogen) atoms. The molecule has 9 nitrogen and oxygen atoms in total. The average Bonchev–Trinajstić information content (AvgIpc) is 3.64. The zero-order valence-electron chi connectivity index (χ0n) is 22.1. The fourth-order valence-corrected chi connectivity index (χ4v) is 5.81. The van der Waals surface area contributed by atoms with Gasteiger partial charge in [-0.2, -0.15) is 0 Å². The van der Waals surface area contributed by atoms with Crippen molar-refractivity contribution in [3.05, 3.63) is 83.2 Å². The Balaban J connectivity index is 1.37. The van der Waals surface area contributed by atoms with Crippen molar-refractivity contribution in [3.63, 3.8) is 0 Å². The number of ketones is 1. The standard InChI is InChI=1S/C31H31N3O6/c35-28(22-6-8-23(9-7-22)30(37)33-15-18-39-19-16-33)26-27(21-4-2-1-3-5-21)34(31(38)29(26)36)24-12-10-20(11-13-24)25-14-17-40-32-25/h6-14,17,21,36,38H,1-5,15-16,18-19H2. The number of ether oxygens (including phenoxy) is 1. The third kappa shape index (κ3) is 4.77. The largest absolute Gasteiger partial charge is 0.503 e. The molecule has 0 spiro atoms. The lowest BCUT2D eigenvalue weighted by Crippen LogP contribution is -2.40. The molecule has 2 aliphatic rings. The predicted molar refractivity (Wildman–Crippen MR) is 147 cm³/mol. The van der Waals surface area contributed by atoms with Crippen LogP contribution < -0.4 is 0 Å². The smallest absolute Gasteiger partial charge is 0.254 e. The number of nitrogens with zero attached hydrogens (tertiary/aromatic N) is 3. The molecule has 3 heterocycles. The van der Waals surface area contributed by atoms with Crippen molar-refractivity contribution in [2.75, 3.05) is 26.3 Å². The summed E-state index contributed by atoms with van der Waals surface area (Å²) in [6, 6.07) is 15.6. The van der Waals surface area contributed by atoms with Crippen LogP contribution in [0.5, 0.6) is 11.6 Å². The summed E-state index contributed by atoms with van der Waals surface area (Å²) in [6.45, 7) is 2.08. The summed E-state index contributed by atoms with van der Waals surface area (Å²) < 4.78 is 11.9. The van der Waals surface area contributed by atoms with E-state index in [0.29, 0.717) is 54.5 Å². The maximum Gasteiger partial charge on any atom is 0.254 e. The van der Waals surface area contributed by atoms with Crippen LogP contribution in [0.25, 0.3) is 16.9 Å². The highest BCUT2D eigenvalue weighted by atomic mass is 16.5. The van der Waals surface area contributed by atoms with E-state index in [2.05, 4.69) is 5.16 Å². The highest BCUT2D eigenvalue weighted by molar-refractivity contribution is 6.12. The van der Waals surface area contributed by atoms with Gasteiger partial charge in [0.1, 0.15) is 12.0 Å². The Morgan fingerprint density at radius 3 is 2.17 bits per heavy atom. The van der Waals surface area contributed by atoms with Crippen molar-refractivity contribution >= 4 is 11.7 Å². The van der Waals surface area contributed by atoms with E-state index < -0.39 is 11.5 Å². The zero-order chi connectivity index (χ0) is 27.6. The van der Waals surface area contributed by atoms with Crippen LogP contribution >= 0.6 is 0 Å². The molecule has 2 fully saturated rings. The van der Waals surface area contributed by atoms with Gasteiger partial charge in [0, 0.05) is 53.1 Å². The van der Waals surface area contributed by atoms with Crippen molar-refractivity contribution in [2.24, 2.45) is 0 Å². The topological polar surface area (TPSA) is 118 Å². The van der Waals surface area contributed by atoms with E-state index in [9.17, 15) is 19.8 Å². The van der Waals surface area contributed by atoms with Gasteiger partial charge in [-0.25, -0.2) is 0 Å². The summed E-state index contributed by atoms with van der Waals surface area (Å²) in [5, 5.41) is 26.3. The van der Waals surface area contributed by atoms with Crippen LogP contribution in [-0.4, -0.2) is 62.8 Å². The second-order valence-corrected chi connectivity index (χ2v) is 10.3.